The summed E-state index contributed by atoms with van der Waals surface area (Å²) in [5.74, 6) is 2.57. The molecule has 0 saturated heterocycles. The minimum Gasteiger partial charge on any atom is -0.494 e. The fourth-order valence-electron chi connectivity index (χ4n) is 2.16. The van der Waals surface area contributed by atoms with E-state index in [4.69, 9.17) is 35.4 Å². The molecule has 0 saturated carbocycles. The monoisotopic (exact) mass is 379 g/mol. The van der Waals surface area contributed by atoms with Crippen molar-refractivity contribution < 1.29 is 23.8 Å². The predicted molar refractivity (Wildman–Crippen MR) is 101 cm³/mol. The third-order valence-corrected chi connectivity index (χ3v) is 3.59. The van der Waals surface area contributed by atoms with Crippen LogP contribution in [0.2, 0.25) is 5.02 Å². The van der Waals surface area contributed by atoms with Crippen LogP contribution in [0.1, 0.15) is 12.5 Å². The zero-order chi connectivity index (χ0) is 18.8. The first-order chi connectivity index (χ1) is 12.7. The Morgan fingerprint density at radius 3 is 2.27 bits per heavy atom. The number of hydrogen-bond donors (Lipinski definition) is 0. The van der Waals surface area contributed by atoms with Crippen LogP contribution >= 0.6 is 11.6 Å². The molecule has 0 spiro atoms. The number of halogens is 1. The molecule has 2 aromatic rings. The van der Waals surface area contributed by atoms with Gasteiger partial charge < -0.3 is 23.8 Å². The topological polar surface area (TPSA) is 58.5 Å². The summed E-state index contributed by atoms with van der Waals surface area (Å²) >= 11 is 6.14. The second-order valence-electron chi connectivity index (χ2n) is 5.06. The Kier molecular flexibility index (Phi) is 7.89. The molecule has 0 amide bonds. The van der Waals surface area contributed by atoms with Gasteiger partial charge in [-0.1, -0.05) is 16.8 Å². The van der Waals surface area contributed by atoms with Crippen LogP contribution in [0.15, 0.2) is 41.6 Å². The maximum Gasteiger partial charge on any atom is 0.179 e. The third kappa shape index (κ3) is 5.74. The van der Waals surface area contributed by atoms with Crippen LogP contribution < -0.4 is 18.9 Å². The summed E-state index contributed by atoms with van der Waals surface area (Å²) in [7, 11) is 3.08. The Balaban J connectivity index is 1.78. The smallest absolute Gasteiger partial charge is 0.179 e. The molecule has 2 aromatic carbocycles. The van der Waals surface area contributed by atoms with Crippen molar-refractivity contribution >= 4 is 17.8 Å². The SMILES string of the molecule is CCOc1ccc(OCCO/N=C/c2cc(Cl)c(OC)c(OC)c2)cc1. The van der Waals surface area contributed by atoms with E-state index in [1.54, 1.807) is 25.5 Å². The van der Waals surface area contributed by atoms with Gasteiger partial charge in [0.15, 0.2) is 18.1 Å². The molecule has 0 heterocycles. The summed E-state index contributed by atoms with van der Waals surface area (Å²) in [4.78, 5) is 5.20. The first-order valence-electron chi connectivity index (χ1n) is 8.10. The largest absolute Gasteiger partial charge is 0.494 e. The van der Waals surface area contributed by atoms with E-state index in [2.05, 4.69) is 5.16 Å². The van der Waals surface area contributed by atoms with Crippen molar-refractivity contribution in [1.29, 1.82) is 0 Å². The molecule has 0 atom stereocenters. The van der Waals surface area contributed by atoms with Crippen molar-refractivity contribution in [1.82, 2.24) is 0 Å². The lowest BCUT2D eigenvalue weighted by Gasteiger charge is -2.10. The standard InChI is InChI=1S/C19H22ClNO5/c1-4-24-15-5-7-16(8-6-15)25-9-10-26-21-13-14-11-17(20)19(23-3)18(12-14)22-2/h5-8,11-13H,4,9-10H2,1-3H3/b21-13+. The second kappa shape index (κ2) is 10.4. The lowest BCUT2D eigenvalue weighted by Crippen LogP contribution is -2.04. The van der Waals surface area contributed by atoms with E-state index >= 15 is 0 Å². The molecule has 26 heavy (non-hydrogen) atoms. The van der Waals surface area contributed by atoms with E-state index in [0.717, 1.165) is 17.1 Å². The molecule has 6 nitrogen and oxygen atoms in total. The minimum absolute atomic E-state index is 0.310. The van der Waals surface area contributed by atoms with Crippen molar-refractivity contribution in [3.05, 3.63) is 47.0 Å². The summed E-state index contributed by atoms with van der Waals surface area (Å²) in [6, 6.07) is 10.9. The van der Waals surface area contributed by atoms with Gasteiger partial charge >= 0.3 is 0 Å². The summed E-state index contributed by atoms with van der Waals surface area (Å²) < 4.78 is 21.4. The Morgan fingerprint density at radius 1 is 0.962 bits per heavy atom. The quantitative estimate of drug-likeness (QED) is 0.352. The van der Waals surface area contributed by atoms with Gasteiger partial charge in [-0.3, -0.25) is 0 Å². The molecule has 0 unspecified atom stereocenters. The van der Waals surface area contributed by atoms with Crippen molar-refractivity contribution in [3.63, 3.8) is 0 Å². The number of rotatable bonds is 10. The molecule has 0 aliphatic rings. The fraction of sp³-hybridized carbons (Fsp3) is 0.316. The molecule has 140 valence electrons. The van der Waals surface area contributed by atoms with Gasteiger partial charge in [0.1, 0.15) is 18.1 Å². The van der Waals surface area contributed by atoms with E-state index in [1.807, 2.05) is 31.2 Å². The number of benzene rings is 2. The molecular weight excluding hydrogens is 358 g/mol. The highest BCUT2D eigenvalue weighted by Gasteiger charge is 2.09. The van der Waals surface area contributed by atoms with Gasteiger partial charge in [0, 0.05) is 5.56 Å². The summed E-state index contributed by atoms with van der Waals surface area (Å²) in [5, 5.41) is 4.34. The molecule has 7 heteroatoms. The molecule has 0 N–H and O–H groups in total. The molecule has 0 aliphatic carbocycles. The Hall–Kier alpha value is -2.60. The van der Waals surface area contributed by atoms with Gasteiger partial charge in [-0.2, -0.15) is 0 Å². The predicted octanol–water partition coefficient (Wildman–Crippen LogP) is 4.19. The molecule has 0 aliphatic heterocycles. The first-order valence-corrected chi connectivity index (χ1v) is 8.48. The van der Waals surface area contributed by atoms with Gasteiger partial charge in [0.25, 0.3) is 0 Å². The first kappa shape index (κ1) is 19.7. The molecular formula is C19H22ClNO5. The molecule has 2 rings (SSSR count). The van der Waals surface area contributed by atoms with Gasteiger partial charge in [-0.05, 0) is 43.3 Å². The second-order valence-corrected chi connectivity index (χ2v) is 5.47. The number of hydrogen-bond acceptors (Lipinski definition) is 6. The Bertz CT molecular complexity index is 719. The van der Waals surface area contributed by atoms with Crippen LogP contribution in [0, 0.1) is 0 Å². The van der Waals surface area contributed by atoms with Crippen molar-refractivity contribution in [2.75, 3.05) is 34.0 Å². The van der Waals surface area contributed by atoms with Crippen molar-refractivity contribution in [3.8, 4) is 23.0 Å². The van der Waals surface area contributed by atoms with Crippen LogP contribution in [0.4, 0.5) is 0 Å². The Labute approximate surface area is 158 Å². The zero-order valence-electron chi connectivity index (χ0n) is 15.0. The number of methoxy groups -OCH3 is 2. The maximum absolute atomic E-state index is 6.14. The molecule has 0 radical (unpaired) electrons. The minimum atomic E-state index is 0.310. The number of oxime groups is 1. The van der Waals surface area contributed by atoms with E-state index in [9.17, 15) is 0 Å². The molecule has 0 fully saturated rings. The van der Waals surface area contributed by atoms with Crippen molar-refractivity contribution in [2.45, 2.75) is 6.92 Å². The van der Waals surface area contributed by atoms with Crippen molar-refractivity contribution in [2.24, 2.45) is 5.16 Å². The van der Waals surface area contributed by atoms with Gasteiger partial charge in [0.2, 0.25) is 0 Å². The van der Waals surface area contributed by atoms with Gasteiger partial charge in [-0.15, -0.1) is 0 Å². The average molecular weight is 380 g/mol. The molecule has 0 bridgehead atoms. The summed E-state index contributed by atoms with van der Waals surface area (Å²) in [5.41, 5.74) is 0.736. The highest BCUT2D eigenvalue weighted by molar-refractivity contribution is 6.32. The number of nitrogens with zero attached hydrogens (tertiary/aromatic N) is 1. The van der Waals surface area contributed by atoms with Gasteiger partial charge in [-0.25, -0.2) is 0 Å². The highest BCUT2D eigenvalue weighted by Crippen LogP contribution is 2.35. The summed E-state index contributed by atoms with van der Waals surface area (Å²) in [6.45, 7) is 3.26. The van der Waals surface area contributed by atoms with Crippen LogP contribution in [0.25, 0.3) is 0 Å². The number of ether oxygens (including phenoxy) is 4. The van der Waals surface area contributed by atoms with Gasteiger partial charge in [0.05, 0.1) is 32.1 Å². The normalized spacial score (nSPS) is 10.6. The van der Waals surface area contributed by atoms with E-state index in [1.165, 1.54) is 7.11 Å². The fourth-order valence-corrected chi connectivity index (χ4v) is 2.46. The third-order valence-electron chi connectivity index (χ3n) is 3.31. The summed E-state index contributed by atoms with van der Waals surface area (Å²) in [6.07, 6.45) is 1.55. The van der Waals surface area contributed by atoms with Crippen LogP contribution in [0.3, 0.4) is 0 Å². The lowest BCUT2D eigenvalue weighted by atomic mass is 10.2. The van der Waals surface area contributed by atoms with Crippen LogP contribution in [-0.2, 0) is 4.84 Å². The average Bonchev–Trinajstić information content (AvgIpc) is 2.65. The maximum atomic E-state index is 6.14. The highest BCUT2D eigenvalue weighted by atomic mass is 35.5. The van der Waals surface area contributed by atoms with E-state index in [-0.39, 0.29) is 0 Å². The van der Waals surface area contributed by atoms with E-state index in [0.29, 0.717) is 36.3 Å². The lowest BCUT2D eigenvalue weighted by molar-refractivity contribution is 0.108. The Morgan fingerprint density at radius 2 is 1.65 bits per heavy atom. The van der Waals surface area contributed by atoms with Crippen LogP contribution in [0.5, 0.6) is 23.0 Å². The van der Waals surface area contributed by atoms with E-state index < -0.39 is 0 Å². The molecule has 0 aromatic heterocycles. The zero-order valence-corrected chi connectivity index (χ0v) is 15.8. The van der Waals surface area contributed by atoms with Crippen LogP contribution in [-0.4, -0.2) is 40.3 Å².